The van der Waals surface area contributed by atoms with E-state index in [0.29, 0.717) is 5.69 Å². The molecular formula is C31H47N5OS3. The van der Waals surface area contributed by atoms with Gasteiger partial charge in [0, 0.05) is 55.1 Å². The molecule has 0 fully saturated rings. The van der Waals surface area contributed by atoms with Gasteiger partial charge in [-0.2, -0.15) is 35.3 Å². The van der Waals surface area contributed by atoms with Gasteiger partial charge in [-0.3, -0.25) is 24.7 Å². The molecule has 0 bridgehead atoms. The first-order valence-corrected chi connectivity index (χ1v) is 17.3. The monoisotopic (exact) mass is 601 g/mol. The second-order valence-electron chi connectivity index (χ2n) is 7.82. The molecule has 9 heteroatoms. The molecule has 40 heavy (non-hydrogen) atoms. The lowest BCUT2D eigenvalue weighted by Crippen LogP contribution is -2.00. The number of hydrogen-bond donors (Lipinski definition) is 1. The summed E-state index contributed by atoms with van der Waals surface area (Å²) >= 11 is 5.82. The first-order chi connectivity index (χ1) is 19.7. The van der Waals surface area contributed by atoms with E-state index in [0.717, 1.165) is 43.0 Å². The number of nitrogens with two attached hydrogens (primary N) is 1. The van der Waals surface area contributed by atoms with Gasteiger partial charge in [0.05, 0.1) is 5.69 Å². The number of aliphatic imine (C=N–C) groups is 1. The molecule has 3 aromatic heterocycles. The Balaban J connectivity index is 0.000000530. The van der Waals surface area contributed by atoms with Crippen LogP contribution in [0.3, 0.4) is 0 Å². The van der Waals surface area contributed by atoms with Gasteiger partial charge in [-0.1, -0.05) is 39.0 Å². The number of carbonyl (C=O) groups excluding carboxylic acids is 1. The quantitative estimate of drug-likeness (QED) is 0.113. The van der Waals surface area contributed by atoms with Crippen LogP contribution in [-0.2, 0) is 6.42 Å². The minimum Gasteiger partial charge on any atom is -0.330 e. The van der Waals surface area contributed by atoms with Crippen molar-refractivity contribution in [2.45, 2.75) is 40.0 Å². The number of pyridine rings is 3. The molecule has 0 atom stereocenters. The maximum atomic E-state index is 9.94. The van der Waals surface area contributed by atoms with E-state index in [1.165, 1.54) is 41.5 Å². The Morgan fingerprint density at radius 2 is 1.30 bits per heavy atom. The third-order valence-electron chi connectivity index (χ3n) is 4.66. The molecule has 0 unspecified atom stereocenters. The molecule has 3 heterocycles. The molecule has 0 aliphatic rings. The molecule has 0 aliphatic heterocycles. The number of aldehydes is 1. The molecule has 0 saturated carbocycles. The number of carbonyl (C=O) groups is 1. The molecule has 0 aliphatic carbocycles. The van der Waals surface area contributed by atoms with Crippen molar-refractivity contribution >= 4 is 47.8 Å². The molecule has 2 N–H and O–H groups in total. The minimum atomic E-state index is 0.479. The maximum Gasteiger partial charge on any atom is 0.168 e. The fourth-order valence-electron chi connectivity index (χ4n) is 2.75. The van der Waals surface area contributed by atoms with Gasteiger partial charge in [0.2, 0.25) is 0 Å². The molecule has 3 aromatic rings. The summed E-state index contributed by atoms with van der Waals surface area (Å²) < 4.78 is 0. The van der Waals surface area contributed by atoms with Crippen molar-refractivity contribution < 1.29 is 4.79 Å². The summed E-state index contributed by atoms with van der Waals surface area (Å²) in [5.41, 5.74) is 7.83. The molecule has 0 radical (unpaired) electrons. The molecule has 0 saturated heterocycles. The van der Waals surface area contributed by atoms with E-state index in [1.54, 1.807) is 30.6 Å². The molecule has 6 nitrogen and oxygen atoms in total. The smallest absolute Gasteiger partial charge is 0.168 e. The third kappa shape index (κ3) is 26.0. The van der Waals surface area contributed by atoms with E-state index in [9.17, 15) is 4.79 Å². The summed E-state index contributed by atoms with van der Waals surface area (Å²) in [5.74, 6) is 7.10. The van der Waals surface area contributed by atoms with Gasteiger partial charge in [-0.25, -0.2) is 0 Å². The number of aryl methyl sites for hydroxylation is 1. The van der Waals surface area contributed by atoms with Crippen LogP contribution in [0.1, 0.15) is 55.5 Å². The topological polar surface area (TPSA) is 94.1 Å². The highest BCUT2D eigenvalue weighted by Crippen LogP contribution is 2.06. The lowest BCUT2D eigenvalue weighted by Gasteiger charge is -1.99. The van der Waals surface area contributed by atoms with Gasteiger partial charge < -0.3 is 5.73 Å². The van der Waals surface area contributed by atoms with Crippen LogP contribution < -0.4 is 5.73 Å². The summed E-state index contributed by atoms with van der Waals surface area (Å²) in [5, 5.41) is 0. The van der Waals surface area contributed by atoms with E-state index in [-0.39, 0.29) is 0 Å². The Morgan fingerprint density at radius 1 is 0.725 bits per heavy atom. The van der Waals surface area contributed by atoms with E-state index < -0.39 is 0 Å². The fourth-order valence-corrected chi connectivity index (χ4v) is 4.42. The van der Waals surface area contributed by atoms with Gasteiger partial charge in [-0.05, 0) is 78.7 Å². The number of aromatic nitrogens is 3. The van der Waals surface area contributed by atoms with Crippen molar-refractivity contribution in [1.29, 1.82) is 0 Å². The highest BCUT2D eigenvalue weighted by Gasteiger charge is 1.93. The van der Waals surface area contributed by atoms with Crippen LogP contribution in [0.25, 0.3) is 0 Å². The Morgan fingerprint density at radius 3 is 1.77 bits per heavy atom. The van der Waals surface area contributed by atoms with Crippen molar-refractivity contribution in [3.05, 3.63) is 90.3 Å². The predicted molar refractivity (Wildman–Crippen MR) is 182 cm³/mol. The Bertz CT molecular complexity index is 931. The third-order valence-corrected chi connectivity index (χ3v) is 7.45. The normalized spacial score (nSPS) is 9.90. The zero-order valence-electron chi connectivity index (χ0n) is 24.4. The van der Waals surface area contributed by atoms with Crippen molar-refractivity contribution in [3.8, 4) is 0 Å². The second kappa shape index (κ2) is 31.3. The van der Waals surface area contributed by atoms with Crippen molar-refractivity contribution in [2.24, 2.45) is 10.7 Å². The summed E-state index contributed by atoms with van der Waals surface area (Å²) in [6, 6.07) is 17.2. The SMILES string of the molecule is CCSCCCCc1ccccn1.CCSCCN.CCSCCN=Cc1ccccn1.O=Cc1ccccn1. The summed E-state index contributed by atoms with van der Waals surface area (Å²) in [6.07, 6.45) is 11.5. The average molecular weight is 602 g/mol. The van der Waals surface area contributed by atoms with E-state index in [4.69, 9.17) is 5.73 Å². The maximum absolute atomic E-state index is 9.94. The van der Waals surface area contributed by atoms with Crippen LogP contribution in [0.4, 0.5) is 0 Å². The number of rotatable bonds is 15. The Kier molecular flexibility index (Phi) is 29.6. The highest BCUT2D eigenvalue weighted by atomic mass is 32.2. The fraction of sp³-hybridized carbons (Fsp3) is 0.452. The van der Waals surface area contributed by atoms with Crippen LogP contribution >= 0.6 is 35.3 Å². The predicted octanol–water partition coefficient (Wildman–Crippen LogP) is 7.00. The van der Waals surface area contributed by atoms with Crippen LogP contribution in [0.15, 0.2) is 78.2 Å². The first-order valence-electron chi connectivity index (χ1n) is 13.8. The first kappa shape index (κ1) is 37.8. The van der Waals surface area contributed by atoms with Gasteiger partial charge >= 0.3 is 0 Å². The number of hydrogen-bond acceptors (Lipinski definition) is 9. The van der Waals surface area contributed by atoms with Crippen LogP contribution in [0, 0.1) is 0 Å². The minimum absolute atomic E-state index is 0.479. The van der Waals surface area contributed by atoms with Gasteiger partial charge in [-0.15, -0.1) is 0 Å². The van der Waals surface area contributed by atoms with Gasteiger partial charge in [0.15, 0.2) is 6.29 Å². The largest absolute Gasteiger partial charge is 0.330 e. The summed E-state index contributed by atoms with van der Waals surface area (Å²) in [4.78, 5) is 26.4. The Labute approximate surface area is 255 Å². The lowest BCUT2D eigenvalue weighted by molar-refractivity contribution is 0.111. The molecule has 3 rings (SSSR count). The molecule has 220 valence electrons. The standard InChI is InChI=1S/C11H17NS.C10H14N2S.C6H5NO.C4H11NS/c1-2-13-10-6-4-8-11-7-3-5-9-12-11;1-2-13-8-7-11-9-10-5-3-4-6-12-10;8-5-6-3-1-2-4-7-6;1-2-6-4-3-5/h3,5,7,9H,2,4,6,8,10H2,1H3;3-6,9H,2,7-8H2,1H3;1-5H;2-5H2,1H3. The highest BCUT2D eigenvalue weighted by molar-refractivity contribution is 7.99. The molecular weight excluding hydrogens is 555 g/mol. The van der Waals surface area contributed by atoms with Crippen molar-refractivity contribution in [3.63, 3.8) is 0 Å². The van der Waals surface area contributed by atoms with Crippen LogP contribution in [-0.4, -0.2) is 75.1 Å². The second-order valence-corrected chi connectivity index (χ2v) is 12.0. The summed E-state index contributed by atoms with van der Waals surface area (Å²) in [7, 11) is 0. The molecule has 0 amide bonds. The van der Waals surface area contributed by atoms with E-state index >= 15 is 0 Å². The van der Waals surface area contributed by atoms with E-state index in [1.807, 2.05) is 72.0 Å². The zero-order chi connectivity index (χ0) is 29.4. The van der Waals surface area contributed by atoms with Crippen molar-refractivity contribution in [2.75, 3.05) is 47.6 Å². The van der Waals surface area contributed by atoms with Crippen molar-refractivity contribution in [1.82, 2.24) is 15.0 Å². The van der Waals surface area contributed by atoms with Gasteiger partial charge in [0.1, 0.15) is 5.69 Å². The number of nitrogens with zero attached hydrogens (tertiary/aromatic N) is 4. The summed E-state index contributed by atoms with van der Waals surface area (Å²) in [6.45, 7) is 8.21. The molecule has 0 aromatic carbocycles. The number of unbranched alkanes of at least 4 members (excludes halogenated alkanes) is 1. The Hall–Kier alpha value is -2.20. The van der Waals surface area contributed by atoms with Crippen LogP contribution in [0.5, 0.6) is 0 Å². The average Bonchev–Trinajstić information content (AvgIpc) is 3.02. The van der Waals surface area contributed by atoms with Gasteiger partial charge in [0.25, 0.3) is 0 Å². The van der Waals surface area contributed by atoms with Crippen LogP contribution in [0.2, 0.25) is 0 Å². The molecule has 0 spiro atoms. The van der Waals surface area contributed by atoms with E-state index in [2.05, 4.69) is 52.8 Å². The number of thioether (sulfide) groups is 3. The zero-order valence-corrected chi connectivity index (χ0v) is 26.8. The lowest BCUT2D eigenvalue weighted by atomic mass is 10.2.